The number of carboxylic acid groups (broad SMARTS) is 1. The highest BCUT2D eigenvalue weighted by atomic mass is 16.6. The number of hydrogen-bond acceptors (Lipinski definition) is 6. The number of esters is 2. The van der Waals surface area contributed by atoms with Crippen LogP contribution in [-0.4, -0.2) is 80.6 Å². The Balaban J connectivity index is 4.49. The highest BCUT2D eigenvalue weighted by Gasteiger charge is 2.31. The van der Waals surface area contributed by atoms with Gasteiger partial charge in [0, 0.05) is 19.3 Å². The van der Waals surface area contributed by atoms with E-state index in [-0.39, 0.29) is 49.1 Å². The van der Waals surface area contributed by atoms with Gasteiger partial charge in [0.25, 0.3) is 0 Å². The number of allylic oxidation sites excluding steroid dienone is 22. The molecule has 0 aliphatic carbocycles. The maximum atomic E-state index is 12.7. The summed E-state index contributed by atoms with van der Waals surface area (Å²) in [6.45, 7) is 4.33. The number of carbonyl (C=O) groups is 3. The number of hydrogen-bond donors (Lipinski definition) is 1. The van der Waals surface area contributed by atoms with Crippen LogP contribution in [0.5, 0.6) is 0 Å². The average Bonchev–Trinajstić information content (AvgIpc) is 3.21. The van der Waals surface area contributed by atoms with E-state index >= 15 is 0 Å². The molecular weight excluding hydrogens is 751 g/mol. The summed E-state index contributed by atoms with van der Waals surface area (Å²) in [5.74, 6) is -1.62. The van der Waals surface area contributed by atoms with Gasteiger partial charge in [0.05, 0.1) is 34.4 Å². The van der Waals surface area contributed by atoms with E-state index in [1.54, 1.807) is 0 Å². The maximum absolute atomic E-state index is 12.7. The number of aliphatic carboxylic acids is 1. The van der Waals surface area contributed by atoms with Gasteiger partial charge in [0.1, 0.15) is 6.61 Å². The van der Waals surface area contributed by atoms with Crippen molar-refractivity contribution in [2.45, 2.75) is 135 Å². The second kappa shape index (κ2) is 41.2. The molecule has 0 spiro atoms. The summed E-state index contributed by atoms with van der Waals surface area (Å²) in [5, 5.41) is 9.62. The molecule has 8 heteroatoms. The van der Waals surface area contributed by atoms with E-state index in [4.69, 9.17) is 14.2 Å². The molecule has 2 atom stereocenters. The van der Waals surface area contributed by atoms with Crippen LogP contribution in [0.1, 0.15) is 123 Å². The van der Waals surface area contributed by atoms with E-state index < -0.39 is 18.1 Å². The lowest BCUT2D eigenvalue weighted by molar-refractivity contribution is -0.887. The van der Waals surface area contributed by atoms with Crippen LogP contribution in [0.15, 0.2) is 134 Å². The minimum atomic E-state index is -0.897. The molecule has 0 amide bonds. The summed E-state index contributed by atoms with van der Waals surface area (Å²) < 4.78 is 17.2. The van der Waals surface area contributed by atoms with Crippen molar-refractivity contribution in [2.24, 2.45) is 0 Å². The van der Waals surface area contributed by atoms with Crippen molar-refractivity contribution in [3.63, 3.8) is 0 Å². The Morgan fingerprint density at radius 1 is 0.517 bits per heavy atom. The first-order valence-corrected chi connectivity index (χ1v) is 22.3. The lowest BCUT2D eigenvalue weighted by Crippen LogP contribution is -2.50. The molecule has 2 unspecified atom stereocenters. The normalized spacial score (nSPS) is 14.2. The van der Waals surface area contributed by atoms with E-state index in [1.165, 1.54) is 0 Å². The second-order valence-corrected chi connectivity index (χ2v) is 15.3. The molecule has 0 aromatic heterocycles. The van der Waals surface area contributed by atoms with Gasteiger partial charge in [-0.25, -0.2) is 4.79 Å². The number of nitrogens with zero attached hydrogens (tertiary/aromatic N) is 1. The van der Waals surface area contributed by atoms with Gasteiger partial charge in [0.15, 0.2) is 12.1 Å². The minimum absolute atomic E-state index is 0.0171. The highest BCUT2D eigenvalue weighted by molar-refractivity contribution is 5.72. The minimum Gasteiger partial charge on any atom is -0.477 e. The molecule has 0 bridgehead atoms. The Labute approximate surface area is 364 Å². The average molecular weight is 831 g/mol. The predicted octanol–water partition coefficient (Wildman–Crippen LogP) is 12.4. The first-order chi connectivity index (χ1) is 29.1. The quantitative estimate of drug-likeness (QED) is 0.0219. The Hall–Kier alpha value is -4.53. The van der Waals surface area contributed by atoms with Crippen LogP contribution in [0.2, 0.25) is 0 Å². The van der Waals surface area contributed by atoms with Crippen molar-refractivity contribution in [2.75, 3.05) is 41.0 Å². The Morgan fingerprint density at radius 3 is 1.52 bits per heavy atom. The first-order valence-electron chi connectivity index (χ1n) is 22.3. The van der Waals surface area contributed by atoms with Crippen molar-refractivity contribution in [3.05, 3.63) is 134 Å². The molecule has 0 saturated carbocycles. The third-order valence-corrected chi connectivity index (χ3v) is 8.92. The zero-order chi connectivity index (χ0) is 44.2. The fraction of sp³-hybridized carbons (Fsp3) is 0.519. The topological polar surface area (TPSA) is 99.1 Å². The van der Waals surface area contributed by atoms with E-state index in [1.807, 2.05) is 75.8 Å². The summed E-state index contributed by atoms with van der Waals surface area (Å²) in [7, 11) is 5.47. The molecule has 0 radical (unpaired) electrons. The SMILES string of the molecule is CC/C=C/C=C/C=C/C=C/C=C/CCCC(=O)OCC(COCCC(C(=O)O)[N+](C)(C)C)OC(=O)CCCCCC/C=C/C/C=C/C/C=C/C/C=C/C/C=C/C/C=C/CC. The van der Waals surface area contributed by atoms with E-state index in [0.29, 0.717) is 19.3 Å². The molecule has 0 aliphatic rings. The van der Waals surface area contributed by atoms with Crippen molar-refractivity contribution in [1.82, 2.24) is 0 Å². The van der Waals surface area contributed by atoms with Gasteiger partial charge in [-0.05, 0) is 77.0 Å². The van der Waals surface area contributed by atoms with Crippen molar-refractivity contribution >= 4 is 17.9 Å². The lowest BCUT2D eigenvalue weighted by atomic mass is 10.1. The Bertz CT molecular complexity index is 1430. The number of quaternary nitrogens is 1. The smallest absolute Gasteiger partial charge is 0.362 e. The van der Waals surface area contributed by atoms with Crippen LogP contribution in [0, 0.1) is 0 Å². The van der Waals surface area contributed by atoms with Gasteiger partial charge in [-0.2, -0.15) is 0 Å². The molecule has 0 saturated heterocycles. The summed E-state index contributed by atoms with van der Waals surface area (Å²) in [6.07, 6.45) is 59.4. The Morgan fingerprint density at radius 2 is 0.983 bits per heavy atom. The summed E-state index contributed by atoms with van der Waals surface area (Å²) in [6, 6.07) is -0.639. The third-order valence-electron chi connectivity index (χ3n) is 8.92. The van der Waals surface area contributed by atoms with Crippen molar-refractivity contribution in [1.29, 1.82) is 0 Å². The van der Waals surface area contributed by atoms with E-state index in [9.17, 15) is 19.5 Å². The van der Waals surface area contributed by atoms with Crippen LogP contribution in [0.3, 0.4) is 0 Å². The molecule has 0 aliphatic heterocycles. The molecule has 1 N–H and O–H groups in total. The fourth-order valence-electron chi connectivity index (χ4n) is 5.53. The van der Waals surface area contributed by atoms with Crippen LogP contribution in [0.25, 0.3) is 0 Å². The van der Waals surface area contributed by atoms with Crippen molar-refractivity contribution < 1.29 is 38.2 Å². The molecule has 0 aromatic carbocycles. The number of carbonyl (C=O) groups excluding carboxylic acids is 2. The molecule has 8 nitrogen and oxygen atoms in total. The van der Waals surface area contributed by atoms with Gasteiger partial charge < -0.3 is 23.8 Å². The molecule has 0 heterocycles. The Kier molecular flexibility index (Phi) is 38.1. The van der Waals surface area contributed by atoms with Gasteiger partial charge in [-0.1, -0.05) is 160 Å². The van der Waals surface area contributed by atoms with Crippen LogP contribution >= 0.6 is 0 Å². The van der Waals surface area contributed by atoms with Gasteiger partial charge in [-0.15, -0.1) is 0 Å². The van der Waals surface area contributed by atoms with E-state index in [0.717, 1.165) is 77.0 Å². The number of ether oxygens (including phenoxy) is 3. The fourth-order valence-corrected chi connectivity index (χ4v) is 5.53. The highest BCUT2D eigenvalue weighted by Crippen LogP contribution is 2.11. The molecule has 0 fully saturated rings. The van der Waals surface area contributed by atoms with Crippen molar-refractivity contribution in [3.8, 4) is 0 Å². The first kappa shape index (κ1) is 55.5. The number of rotatable bonds is 37. The van der Waals surface area contributed by atoms with E-state index in [2.05, 4.69) is 92.8 Å². The standard InChI is InChI=1S/C52H79NO7/c1-6-8-10-12-14-16-18-20-21-22-23-24-25-26-27-28-29-31-33-35-37-39-41-43-51(55)60-48(46-58-45-44-49(52(56)57)53(3,4)5)47-59-50(54)42-40-38-36-34-32-30-19-17-15-13-11-9-7-2/h8-11,13-17,19-21,23-24,26-27,29-32,34,36,48-49H,6-7,12,18,22,25,28,33,35,37-47H2,1-5H3/p+1/b10-8+,11-9+,15-13+,16-14+,19-17+,21-20+,24-23+,27-26+,31-29+,32-30+,36-34+. The maximum Gasteiger partial charge on any atom is 0.362 e. The molecular formula is C52H80NO7+. The number of likely N-dealkylation sites (N-methyl/N-ethyl adjacent to an activating group) is 1. The summed E-state index contributed by atoms with van der Waals surface area (Å²) in [4.78, 5) is 37.0. The van der Waals surface area contributed by atoms with Crippen LogP contribution < -0.4 is 0 Å². The molecule has 0 rings (SSSR count). The largest absolute Gasteiger partial charge is 0.477 e. The predicted molar refractivity (Wildman–Crippen MR) is 251 cm³/mol. The number of carboxylic acids is 1. The zero-order valence-electron chi connectivity index (χ0n) is 37.8. The monoisotopic (exact) mass is 831 g/mol. The third kappa shape index (κ3) is 39.0. The summed E-state index contributed by atoms with van der Waals surface area (Å²) >= 11 is 0. The summed E-state index contributed by atoms with van der Waals surface area (Å²) in [5.41, 5.74) is 0. The molecule has 0 aromatic rings. The van der Waals surface area contributed by atoms with Gasteiger partial charge in [0.2, 0.25) is 0 Å². The van der Waals surface area contributed by atoms with Crippen LogP contribution in [-0.2, 0) is 28.6 Å². The molecule has 334 valence electrons. The van der Waals surface area contributed by atoms with Crippen LogP contribution in [0.4, 0.5) is 0 Å². The molecule has 60 heavy (non-hydrogen) atoms. The van der Waals surface area contributed by atoms with Gasteiger partial charge >= 0.3 is 17.9 Å². The number of unbranched alkanes of at least 4 members (excludes halogenated alkanes) is 5. The second-order valence-electron chi connectivity index (χ2n) is 15.3. The zero-order valence-corrected chi connectivity index (χ0v) is 37.8. The lowest BCUT2D eigenvalue weighted by Gasteiger charge is -2.31. The van der Waals surface area contributed by atoms with Gasteiger partial charge in [-0.3, -0.25) is 9.59 Å².